The molecule has 3 aliphatic heterocycles. The lowest BCUT2D eigenvalue weighted by molar-refractivity contribution is -0.206. The number of nitrogens with two attached hydrogens (primary N) is 1. The lowest BCUT2D eigenvalue weighted by Crippen LogP contribution is -2.72. The maximum Gasteiger partial charge on any atom is 0.251 e. The van der Waals surface area contributed by atoms with Gasteiger partial charge in [-0.25, -0.2) is 4.39 Å². The van der Waals surface area contributed by atoms with Crippen molar-refractivity contribution in [3.05, 3.63) is 29.6 Å². The number of benzene rings is 1. The summed E-state index contributed by atoms with van der Waals surface area (Å²) >= 11 is 0. The van der Waals surface area contributed by atoms with Crippen molar-refractivity contribution in [3.63, 3.8) is 0 Å². The molecule has 1 amide bonds. The topological polar surface area (TPSA) is 82.8 Å². The molecule has 1 aromatic carbocycles. The zero-order chi connectivity index (χ0) is 16.3. The van der Waals surface area contributed by atoms with E-state index in [2.05, 4.69) is 5.32 Å². The van der Waals surface area contributed by atoms with E-state index in [1.807, 2.05) is 0 Å². The van der Waals surface area contributed by atoms with Gasteiger partial charge in [-0.05, 0) is 18.2 Å². The third-order valence-corrected chi connectivity index (χ3v) is 5.34. The van der Waals surface area contributed by atoms with E-state index in [0.717, 1.165) is 0 Å². The van der Waals surface area contributed by atoms with E-state index in [1.54, 1.807) is 6.07 Å². The second-order valence-electron chi connectivity index (χ2n) is 6.72. The van der Waals surface area contributed by atoms with Crippen LogP contribution in [-0.2, 0) is 9.47 Å². The van der Waals surface area contributed by atoms with Crippen LogP contribution in [0, 0.1) is 5.82 Å². The fourth-order valence-corrected chi connectivity index (χ4v) is 4.06. The highest BCUT2D eigenvalue weighted by Crippen LogP contribution is 2.62. The fraction of sp³-hybridized carbons (Fsp3) is 0.562. The molecule has 3 N–H and O–H groups in total. The SMILES string of the molecule is COc1ccc(C(=O)NC23CC(CN)(C2)OC32COC2)cc1F. The van der Waals surface area contributed by atoms with Crippen molar-refractivity contribution >= 4 is 5.91 Å². The second kappa shape index (κ2) is 4.66. The molecular weight excluding hydrogens is 303 g/mol. The first-order valence-corrected chi connectivity index (χ1v) is 7.61. The molecule has 4 aliphatic rings. The molecule has 1 spiro atoms. The summed E-state index contributed by atoms with van der Waals surface area (Å²) in [5.74, 6) is -0.778. The average molecular weight is 322 g/mol. The summed E-state index contributed by atoms with van der Waals surface area (Å²) in [7, 11) is 1.38. The largest absolute Gasteiger partial charge is 0.494 e. The molecule has 0 radical (unpaired) electrons. The number of carbonyl (C=O) groups is 1. The fourth-order valence-electron chi connectivity index (χ4n) is 4.06. The summed E-state index contributed by atoms with van der Waals surface area (Å²) in [6.07, 6.45) is 1.34. The summed E-state index contributed by atoms with van der Waals surface area (Å²) in [6.45, 7) is 1.32. The molecule has 2 bridgehead atoms. The number of hydrogen-bond donors (Lipinski definition) is 2. The molecule has 124 valence electrons. The van der Waals surface area contributed by atoms with Gasteiger partial charge in [0.05, 0.1) is 31.5 Å². The van der Waals surface area contributed by atoms with E-state index in [-0.39, 0.29) is 22.8 Å². The third kappa shape index (κ3) is 1.87. The van der Waals surface area contributed by atoms with Gasteiger partial charge >= 0.3 is 0 Å². The first-order chi connectivity index (χ1) is 11.0. The molecule has 6 nitrogen and oxygen atoms in total. The Labute approximate surface area is 133 Å². The number of amides is 1. The monoisotopic (exact) mass is 322 g/mol. The molecular formula is C16H19FN2O4. The molecule has 0 atom stereocenters. The van der Waals surface area contributed by atoms with Crippen LogP contribution in [0.25, 0.3) is 0 Å². The van der Waals surface area contributed by atoms with Crippen LogP contribution in [0.5, 0.6) is 5.75 Å². The summed E-state index contributed by atoms with van der Waals surface area (Å²) in [6, 6.07) is 4.17. The van der Waals surface area contributed by atoms with Gasteiger partial charge in [0.25, 0.3) is 5.91 Å². The van der Waals surface area contributed by atoms with E-state index >= 15 is 0 Å². The standard InChI is InChI=1S/C16H19FN2O4/c1-21-12-3-2-10(4-11(12)17)13(20)19-15-5-14(6-15,7-18)23-16(15)8-22-9-16/h2-4H,5-9,18H2,1H3,(H,19,20). The smallest absolute Gasteiger partial charge is 0.251 e. The molecule has 7 heteroatoms. The highest BCUT2D eigenvalue weighted by atomic mass is 19.1. The van der Waals surface area contributed by atoms with E-state index in [9.17, 15) is 9.18 Å². The number of hydrogen-bond acceptors (Lipinski definition) is 5. The van der Waals surface area contributed by atoms with Crippen LogP contribution in [-0.4, -0.2) is 49.5 Å². The molecule has 0 aromatic heterocycles. The Morgan fingerprint density at radius 3 is 2.70 bits per heavy atom. The first kappa shape index (κ1) is 14.9. The van der Waals surface area contributed by atoms with Crippen molar-refractivity contribution in [2.75, 3.05) is 26.9 Å². The molecule has 4 fully saturated rings. The lowest BCUT2D eigenvalue weighted by atomic mass is 9.61. The molecule has 23 heavy (non-hydrogen) atoms. The summed E-state index contributed by atoms with van der Waals surface area (Å²) in [4.78, 5) is 12.6. The highest BCUT2D eigenvalue weighted by molar-refractivity contribution is 5.95. The molecule has 3 saturated heterocycles. The van der Waals surface area contributed by atoms with Crippen LogP contribution in [0.2, 0.25) is 0 Å². The van der Waals surface area contributed by atoms with Gasteiger partial charge in [-0.15, -0.1) is 0 Å². The molecule has 1 aliphatic carbocycles. The normalized spacial score (nSPS) is 33.0. The Bertz CT molecular complexity index is 668. The summed E-state index contributed by atoms with van der Waals surface area (Å²) in [5.41, 5.74) is 4.75. The van der Waals surface area contributed by atoms with Crippen molar-refractivity contribution in [1.29, 1.82) is 0 Å². The minimum Gasteiger partial charge on any atom is -0.494 e. The van der Waals surface area contributed by atoms with Crippen molar-refractivity contribution in [2.45, 2.75) is 29.6 Å². The average Bonchev–Trinajstić information content (AvgIpc) is 2.93. The van der Waals surface area contributed by atoms with E-state index in [0.29, 0.717) is 32.6 Å². The van der Waals surface area contributed by atoms with Gasteiger partial charge in [-0.3, -0.25) is 4.79 Å². The highest BCUT2D eigenvalue weighted by Gasteiger charge is 2.77. The molecule has 0 unspecified atom stereocenters. The van der Waals surface area contributed by atoms with Crippen LogP contribution in [0.15, 0.2) is 18.2 Å². The predicted molar refractivity (Wildman–Crippen MR) is 78.8 cm³/mol. The number of ether oxygens (including phenoxy) is 3. The quantitative estimate of drug-likeness (QED) is 0.848. The Morgan fingerprint density at radius 2 is 2.17 bits per heavy atom. The Hall–Kier alpha value is -1.70. The predicted octanol–water partition coefficient (Wildman–Crippen LogP) is 0.593. The summed E-state index contributed by atoms with van der Waals surface area (Å²) in [5, 5.41) is 3.05. The van der Waals surface area contributed by atoms with Gasteiger partial charge in [0.1, 0.15) is 5.60 Å². The molecule has 1 saturated carbocycles. The van der Waals surface area contributed by atoms with Gasteiger partial charge < -0.3 is 25.3 Å². The second-order valence-corrected chi connectivity index (χ2v) is 6.72. The van der Waals surface area contributed by atoms with Crippen molar-refractivity contribution in [1.82, 2.24) is 5.32 Å². The van der Waals surface area contributed by atoms with Crippen molar-refractivity contribution in [3.8, 4) is 5.75 Å². The van der Waals surface area contributed by atoms with Crippen LogP contribution in [0.4, 0.5) is 4.39 Å². The maximum atomic E-state index is 13.8. The number of methoxy groups -OCH3 is 1. The minimum atomic E-state index is -0.563. The zero-order valence-electron chi connectivity index (χ0n) is 12.9. The number of carbonyl (C=O) groups excluding carboxylic acids is 1. The summed E-state index contributed by atoms with van der Waals surface area (Å²) < 4.78 is 30.1. The number of rotatable bonds is 4. The van der Waals surface area contributed by atoms with Gasteiger partial charge in [-0.1, -0.05) is 0 Å². The Kier molecular flexibility index (Phi) is 3.01. The molecule has 1 aromatic rings. The van der Waals surface area contributed by atoms with Crippen LogP contribution >= 0.6 is 0 Å². The number of nitrogens with one attached hydrogen (secondary N) is 1. The van der Waals surface area contributed by atoms with Gasteiger partial charge in [0.2, 0.25) is 0 Å². The van der Waals surface area contributed by atoms with Crippen LogP contribution in [0.3, 0.4) is 0 Å². The van der Waals surface area contributed by atoms with E-state index in [4.69, 9.17) is 19.9 Å². The molecule has 3 heterocycles. The molecule has 5 rings (SSSR count). The Balaban J connectivity index is 1.56. The van der Waals surface area contributed by atoms with Gasteiger partial charge in [-0.2, -0.15) is 0 Å². The maximum absolute atomic E-state index is 13.8. The van der Waals surface area contributed by atoms with Crippen molar-refractivity contribution < 1.29 is 23.4 Å². The van der Waals surface area contributed by atoms with E-state index < -0.39 is 17.0 Å². The van der Waals surface area contributed by atoms with Crippen molar-refractivity contribution in [2.24, 2.45) is 5.73 Å². The van der Waals surface area contributed by atoms with E-state index in [1.165, 1.54) is 19.2 Å². The zero-order valence-corrected chi connectivity index (χ0v) is 12.9. The van der Waals surface area contributed by atoms with Gasteiger partial charge in [0.15, 0.2) is 11.6 Å². The van der Waals surface area contributed by atoms with Crippen LogP contribution in [0.1, 0.15) is 23.2 Å². The first-order valence-electron chi connectivity index (χ1n) is 7.61. The Morgan fingerprint density at radius 1 is 1.43 bits per heavy atom. The third-order valence-electron chi connectivity index (χ3n) is 5.34. The minimum absolute atomic E-state index is 0.110. The lowest BCUT2D eigenvalue weighted by Gasteiger charge is -2.51. The van der Waals surface area contributed by atoms with Gasteiger partial charge in [0, 0.05) is 24.9 Å². The van der Waals surface area contributed by atoms with Crippen LogP contribution < -0.4 is 15.8 Å². The number of halogens is 1.